The number of hydrogen-bond acceptors (Lipinski definition) is 3. The monoisotopic (exact) mass is 296 g/mol. The molecule has 0 atom stereocenters. The molecule has 4 nitrogen and oxygen atoms in total. The normalized spacial score (nSPS) is 17.3. The number of nitrogens with two attached hydrogens (primary N) is 1. The minimum atomic E-state index is -3.47. The highest BCUT2D eigenvalue weighted by atomic mass is 32.2. The summed E-state index contributed by atoms with van der Waals surface area (Å²) in [4.78, 5) is 0.341. The molecule has 0 aromatic heterocycles. The lowest BCUT2D eigenvalue weighted by atomic mass is 9.90. The van der Waals surface area contributed by atoms with Gasteiger partial charge in [0.25, 0.3) is 0 Å². The lowest BCUT2D eigenvalue weighted by Gasteiger charge is -2.22. The van der Waals surface area contributed by atoms with Crippen molar-refractivity contribution in [2.45, 2.75) is 50.8 Å². The van der Waals surface area contributed by atoms with Crippen molar-refractivity contribution in [1.29, 1.82) is 0 Å². The van der Waals surface area contributed by atoms with Crippen LogP contribution in [0.25, 0.3) is 0 Å². The fourth-order valence-corrected chi connectivity index (χ4v) is 4.56. The molecule has 1 saturated carbocycles. The van der Waals surface area contributed by atoms with Gasteiger partial charge in [-0.3, -0.25) is 0 Å². The zero-order chi connectivity index (χ0) is 14.8. The third-order valence-electron chi connectivity index (χ3n) is 4.20. The molecule has 20 heavy (non-hydrogen) atoms. The summed E-state index contributed by atoms with van der Waals surface area (Å²) in [6, 6.07) is 3.52. The van der Waals surface area contributed by atoms with E-state index in [0.29, 0.717) is 28.6 Å². The van der Waals surface area contributed by atoms with E-state index < -0.39 is 10.0 Å². The highest BCUT2D eigenvalue weighted by molar-refractivity contribution is 7.89. The highest BCUT2D eigenvalue weighted by Crippen LogP contribution is 2.26. The third kappa shape index (κ3) is 3.33. The number of sulfonamides is 1. The van der Waals surface area contributed by atoms with Crippen LogP contribution in [0.4, 0.5) is 5.69 Å². The molecule has 1 aromatic carbocycles. The molecule has 5 heteroatoms. The minimum Gasteiger partial charge on any atom is -0.398 e. The number of nitrogens with one attached hydrogen (secondary N) is 1. The first-order valence-electron chi connectivity index (χ1n) is 7.27. The summed E-state index contributed by atoms with van der Waals surface area (Å²) in [6.07, 6.45) is 5.94. The average molecular weight is 296 g/mol. The molecule has 3 N–H and O–H groups in total. The second-order valence-corrected chi connectivity index (χ2v) is 7.49. The van der Waals surface area contributed by atoms with Gasteiger partial charge in [-0.15, -0.1) is 0 Å². The summed E-state index contributed by atoms with van der Waals surface area (Å²) in [7, 11) is -3.47. The Morgan fingerprint density at radius 2 is 1.85 bits per heavy atom. The van der Waals surface area contributed by atoms with Gasteiger partial charge in [0.2, 0.25) is 10.0 Å². The first-order valence-corrected chi connectivity index (χ1v) is 8.75. The van der Waals surface area contributed by atoms with Gasteiger partial charge in [0, 0.05) is 12.2 Å². The van der Waals surface area contributed by atoms with E-state index in [2.05, 4.69) is 4.72 Å². The van der Waals surface area contributed by atoms with Crippen LogP contribution in [0.5, 0.6) is 0 Å². The molecular weight excluding hydrogens is 272 g/mol. The molecule has 1 fully saturated rings. The SMILES string of the molecule is Cc1ccc(N)c(C)c1S(=O)(=O)NCC1CCCCC1. The smallest absolute Gasteiger partial charge is 0.241 e. The Bertz CT molecular complexity index is 576. The third-order valence-corrected chi connectivity index (χ3v) is 5.91. The zero-order valence-corrected chi connectivity index (χ0v) is 13.1. The lowest BCUT2D eigenvalue weighted by Crippen LogP contribution is -2.31. The maximum Gasteiger partial charge on any atom is 0.241 e. The summed E-state index contributed by atoms with van der Waals surface area (Å²) in [5, 5.41) is 0. The van der Waals surface area contributed by atoms with Gasteiger partial charge in [0.15, 0.2) is 0 Å². The van der Waals surface area contributed by atoms with Gasteiger partial charge >= 0.3 is 0 Å². The average Bonchev–Trinajstić information content (AvgIpc) is 2.42. The van der Waals surface area contributed by atoms with Crippen molar-refractivity contribution in [2.75, 3.05) is 12.3 Å². The van der Waals surface area contributed by atoms with E-state index in [4.69, 9.17) is 5.73 Å². The summed E-state index contributed by atoms with van der Waals surface area (Å²) in [6.45, 7) is 4.11. The van der Waals surface area contributed by atoms with Crippen molar-refractivity contribution in [2.24, 2.45) is 5.92 Å². The molecule has 1 aliphatic rings. The molecule has 1 aromatic rings. The summed E-state index contributed by atoms with van der Waals surface area (Å²) in [5.74, 6) is 0.472. The topological polar surface area (TPSA) is 72.2 Å². The molecule has 0 radical (unpaired) electrons. The number of hydrogen-bond donors (Lipinski definition) is 2. The largest absolute Gasteiger partial charge is 0.398 e. The van der Waals surface area contributed by atoms with Crippen molar-refractivity contribution < 1.29 is 8.42 Å². The molecule has 0 unspecified atom stereocenters. The second kappa shape index (κ2) is 6.14. The fourth-order valence-electron chi connectivity index (χ4n) is 2.95. The van der Waals surface area contributed by atoms with Crippen LogP contribution in [0.15, 0.2) is 17.0 Å². The minimum absolute atomic E-state index is 0.341. The Balaban J connectivity index is 2.16. The molecule has 0 aliphatic heterocycles. The summed E-state index contributed by atoms with van der Waals surface area (Å²) < 4.78 is 27.8. The predicted octanol–water partition coefficient (Wildman–Crippen LogP) is 2.74. The second-order valence-electron chi connectivity index (χ2n) is 5.78. The molecule has 0 amide bonds. The van der Waals surface area contributed by atoms with Crippen molar-refractivity contribution in [3.05, 3.63) is 23.3 Å². The zero-order valence-electron chi connectivity index (χ0n) is 12.3. The molecule has 0 spiro atoms. The lowest BCUT2D eigenvalue weighted by molar-refractivity contribution is 0.357. The van der Waals surface area contributed by atoms with Crippen LogP contribution in [0, 0.1) is 19.8 Å². The van der Waals surface area contributed by atoms with Gasteiger partial charge in [0.1, 0.15) is 0 Å². The van der Waals surface area contributed by atoms with Gasteiger partial charge in [0.05, 0.1) is 4.90 Å². The maximum absolute atomic E-state index is 12.5. The number of anilines is 1. The van der Waals surface area contributed by atoms with Crippen LogP contribution >= 0.6 is 0 Å². The van der Waals surface area contributed by atoms with E-state index in [1.165, 1.54) is 19.3 Å². The van der Waals surface area contributed by atoms with Gasteiger partial charge < -0.3 is 5.73 Å². The summed E-state index contributed by atoms with van der Waals surface area (Å²) in [5.41, 5.74) is 7.74. The molecule has 1 aliphatic carbocycles. The van der Waals surface area contributed by atoms with Crippen LogP contribution in [0.3, 0.4) is 0 Å². The van der Waals surface area contributed by atoms with E-state index in [9.17, 15) is 8.42 Å². The van der Waals surface area contributed by atoms with E-state index >= 15 is 0 Å². The molecule has 112 valence electrons. The molecule has 2 rings (SSSR count). The quantitative estimate of drug-likeness (QED) is 0.839. The Morgan fingerprint density at radius 3 is 2.50 bits per heavy atom. The standard InChI is InChI=1S/C15H24N2O2S/c1-11-8-9-14(16)12(2)15(11)20(18,19)17-10-13-6-4-3-5-7-13/h8-9,13,17H,3-7,10,16H2,1-2H3. The van der Waals surface area contributed by atoms with Crippen molar-refractivity contribution in [1.82, 2.24) is 4.72 Å². The summed E-state index contributed by atoms with van der Waals surface area (Å²) >= 11 is 0. The highest BCUT2D eigenvalue weighted by Gasteiger charge is 2.22. The number of nitrogen functional groups attached to an aromatic ring is 1. The van der Waals surface area contributed by atoms with Crippen molar-refractivity contribution in [3.8, 4) is 0 Å². The van der Waals surface area contributed by atoms with Gasteiger partial charge in [-0.05, 0) is 49.8 Å². The maximum atomic E-state index is 12.5. The Kier molecular flexibility index (Phi) is 4.70. The fraction of sp³-hybridized carbons (Fsp3) is 0.600. The van der Waals surface area contributed by atoms with Crippen LogP contribution in [-0.4, -0.2) is 15.0 Å². The van der Waals surface area contributed by atoms with Crippen molar-refractivity contribution >= 4 is 15.7 Å². The molecular formula is C15H24N2O2S. The first-order chi connectivity index (χ1) is 9.42. The number of rotatable bonds is 4. The molecule has 0 saturated heterocycles. The van der Waals surface area contributed by atoms with E-state index in [-0.39, 0.29) is 0 Å². The molecule has 0 heterocycles. The van der Waals surface area contributed by atoms with Crippen LogP contribution in [0.2, 0.25) is 0 Å². The van der Waals surface area contributed by atoms with Crippen LogP contribution in [-0.2, 0) is 10.0 Å². The van der Waals surface area contributed by atoms with Gasteiger partial charge in [-0.25, -0.2) is 13.1 Å². The number of benzene rings is 1. The van der Waals surface area contributed by atoms with Gasteiger partial charge in [-0.1, -0.05) is 25.3 Å². The molecule has 0 bridgehead atoms. The Labute approximate surface area is 121 Å². The van der Waals surface area contributed by atoms with E-state index in [0.717, 1.165) is 18.4 Å². The van der Waals surface area contributed by atoms with E-state index in [1.807, 2.05) is 6.92 Å². The Hall–Kier alpha value is -1.07. The number of aryl methyl sites for hydroxylation is 1. The van der Waals surface area contributed by atoms with Gasteiger partial charge in [-0.2, -0.15) is 0 Å². The Morgan fingerprint density at radius 1 is 1.20 bits per heavy atom. The first kappa shape index (κ1) is 15.3. The van der Waals surface area contributed by atoms with E-state index in [1.54, 1.807) is 19.1 Å². The van der Waals surface area contributed by atoms with Crippen LogP contribution in [0.1, 0.15) is 43.2 Å². The van der Waals surface area contributed by atoms with Crippen molar-refractivity contribution in [3.63, 3.8) is 0 Å². The predicted molar refractivity (Wildman–Crippen MR) is 82.1 cm³/mol. The van der Waals surface area contributed by atoms with Crippen LogP contribution < -0.4 is 10.5 Å².